The third kappa shape index (κ3) is 5.06. The SMILES string of the molecule is CC(C)CCNc1nccc(NC(C)c2ccccc2)n1. The van der Waals surface area contributed by atoms with Gasteiger partial charge in [0.1, 0.15) is 5.82 Å². The van der Waals surface area contributed by atoms with E-state index < -0.39 is 0 Å². The third-order valence-electron chi connectivity index (χ3n) is 3.32. The van der Waals surface area contributed by atoms with Gasteiger partial charge in [0.15, 0.2) is 0 Å². The van der Waals surface area contributed by atoms with Gasteiger partial charge in [0, 0.05) is 18.8 Å². The van der Waals surface area contributed by atoms with Crippen LogP contribution in [0.4, 0.5) is 11.8 Å². The molecule has 4 heteroatoms. The Morgan fingerprint density at radius 3 is 2.52 bits per heavy atom. The predicted octanol–water partition coefficient (Wildman–Crippen LogP) is 4.11. The summed E-state index contributed by atoms with van der Waals surface area (Å²) in [5.41, 5.74) is 1.24. The van der Waals surface area contributed by atoms with Crippen LogP contribution >= 0.6 is 0 Å². The predicted molar refractivity (Wildman–Crippen MR) is 88.5 cm³/mol. The maximum absolute atomic E-state index is 4.50. The zero-order chi connectivity index (χ0) is 15.1. The first kappa shape index (κ1) is 15.3. The van der Waals surface area contributed by atoms with Gasteiger partial charge in [-0.05, 0) is 30.9 Å². The Kier molecular flexibility index (Phi) is 5.55. The van der Waals surface area contributed by atoms with Crippen LogP contribution in [0.2, 0.25) is 0 Å². The summed E-state index contributed by atoms with van der Waals surface area (Å²) in [7, 11) is 0. The molecule has 0 spiro atoms. The van der Waals surface area contributed by atoms with Gasteiger partial charge in [-0.3, -0.25) is 0 Å². The molecule has 0 fully saturated rings. The molecule has 2 aromatic rings. The topological polar surface area (TPSA) is 49.8 Å². The molecule has 0 radical (unpaired) electrons. The number of aromatic nitrogens is 2. The Balaban J connectivity index is 1.94. The summed E-state index contributed by atoms with van der Waals surface area (Å²) in [5.74, 6) is 2.20. The number of anilines is 2. The van der Waals surface area contributed by atoms with Gasteiger partial charge in [0.2, 0.25) is 5.95 Å². The van der Waals surface area contributed by atoms with Crippen LogP contribution in [-0.4, -0.2) is 16.5 Å². The number of hydrogen-bond acceptors (Lipinski definition) is 4. The van der Waals surface area contributed by atoms with E-state index >= 15 is 0 Å². The zero-order valence-corrected chi connectivity index (χ0v) is 13.0. The van der Waals surface area contributed by atoms with Gasteiger partial charge < -0.3 is 10.6 Å². The molecule has 2 N–H and O–H groups in total. The van der Waals surface area contributed by atoms with Crippen molar-refractivity contribution in [2.45, 2.75) is 33.2 Å². The molecule has 0 amide bonds. The molecule has 21 heavy (non-hydrogen) atoms. The van der Waals surface area contributed by atoms with E-state index in [0.717, 1.165) is 18.8 Å². The molecule has 1 unspecified atom stereocenters. The van der Waals surface area contributed by atoms with Crippen molar-refractivity contribution >= 4 is 11.8 Å². The fourth-order valence-electron chi connectivity index (χ4n) is 2.04. The van der Waals surface area contributed by atoms with Crippen LogP contribution in [0.5, 0.6) is 0 Å². The number of benzene rings is 1. The van der Waals surface area contributed by atoms with Gasteiger partial charge >= 0.3 is 0 Å². The highest BCUT2D eigenvalue weighted by Gasteiger charge is 2.06. The van der Waals surface area contributed by atoms with Crippen molar-refractivity contribution in [3.8, 4) is 0 Å². The summed E-state index contributed by atoms with van der Waals surface area (Å²) in [6, 6.07) is 12.5. The molecule has 112 valence electrons. The average molecular weight is 284 g/mol. The molecule has 2 rings (SSSR count). The fourth-order valence-corrected chi connectivity index (χ4v) is 2.04. The van der Waals surface area contributed by atoms with Crippen LogP contribution in [0.25, 0.3) is 0 Å². The monoisotopic (exact) mass is 284 g/mol. The minimum atomic E-state index is 0.213. The minimum Gasteiger partial charge on any atom is -0.363 e. The van der Waals surface area contributed by atoms with Gasteiger partial charge in [0.05, 0.1) is 0 Å². The molecular weight excluding hydrogens is 260 g/mol. The summed E-state index contributed by atoms with van der Waals surface area (Å²) < 4.78 is 0. The van der Waals surface area contributed by atoms with Crippen molar-refractivity contribution in [3.05, 3.63) is 48.2 Å². The first-order valence-corrected chi connectivity index (χ1v) is 7.53. The number of rotatable bonds is 7. The van der Waals surface area contributed by atoms with E-state index in [4.69, 9.17) is 0 Å². The molecule has 1 atom stereocenters. The molecule has 0 bridgehead atoms. The van der Waals surface area contributed by atoms with Gasteiger partial charge in [0.25, 0.3) is 0 Å². The Labute approximate surface area is 127 Å². The largest absolute Gasteiger partial charge is 0.363 e. The van der Waals surface area contributed by atoms with Crippen LogP contribution in [0.3, 0.4) is 0 Å². The number of hydrogen-bond donors (Lipinski definition) is 2. The zero-order valence-electron chi connectivity index (χ0n) is 13.0. The molecule has 4 nitrogen and oxygen atoms in total. The van der Waals surface area contributed by atoms with Crippen LogP contribution in [0, 0.1) is 5.92 Å². The molecule has 1 aromatic carbocycles. The lowest BCUT2D eigenvalue weighted by molar-refractivity contribution is 0.606. The van der Waals surface area contributed by atoms with E-state index in [1.807, 2.05) is 24.3 Å². The fraction of sp³-hybridized carbons (Fsp3) is 0.412. The molecule has 0 aliphatic heterocycles. The second-order valence-corrected chi connectivity index (χ2v) is 5.65. The first-order valence-electron chi connectivity index (χ1n) is 7.53. The van der Waals surface area contributed by atoms with Crippen LogP contribution in [0.15, 0.2) is 42.6 Å². The molecular formula is C17H24N4. The van der Waals surface area contributed by atoms with E-state index in [1.165, 1.54) is 5.56 Å². The van der Waals surface area contributed by atoms with Crippen molar-refractivity contribution in [1.82, 2.24) is 9.97 Å². The molecule has 0 saturated carbocycles. The summed E-state index contributed by atoms with van der Waals surface area (Å²) >= 11 is 0. The second-order valence-electron chi connectivity index (χ2n) is 5.65. The Morgan fingerprint density at radius 2 is 1.81 bits per heavy atom. The van der Waals surface area contributed by atoms with E-state index in [9.17, 15) is 0 Å². The minimum absolute atomic E-state index is 0.213. The molecule has 1 heterocycles. The Morgan fingerprint density at radius 1 is 1.05 bits per heavy atom. The van der Waals surface area contributed by atoms with Crippen molar-refractivity contribution in [2.75, 3.05) is 17.2 Å². The van der Waals surface area contributed by atoms with Crippen LogP contribution in [-0.2, 0) is 0 Å². The maximum atomic E-state index is 4.50. The molecule has 0 aliphatic carbocycles. The summed E-state index contributed by atoms with van der Waals surface area (Å²) in [5, 5.41) is 6.67. The highest BCUT2D eigenvalue weighted by Crippen LogP contribution is 2.17. The van der Waals surface area contributed by atoms with Crippen molar-refractivity contribution < 1.29 is 0 Å². The Hall–Kier alpha value is -2.10. The van der Waals surface area contributed by atoms with Gasteiger partial charge in [-0.1, -0.05) is 44.2 Å². The van der Waals surface area contributed by atoms with Crippen LogP contribution in [0.1, 0.15) is 38.8 Å². The normalized spacial score (nSPS) is 12.2. The lowest BCUT2D eigenvalue weighted by Gasteiger charge is -2.15. The maximum Gasteiger partial charge on any atom is 0.224 e. The van der Waals surface area contributed by atoms with Crippen molar-refractivity contribution in [1.29, 1.82) is 0 Å². The third-order valence-corrected chi connectivity index (χ3v) is 3.32. The summed E-state index contributed by atoms with van der Waals surface area (Å²) in [6.45, 7) is 7.45. The lowest BCUT2D eigenvalue weighted by Crippen LogP contribution is -2.11. The first-order chi connectivity index (χ1) is 10.1. The van der Waals surface area contributed by atoms with E-state index in [1.54, 1.807) is 6.20 Å². The standard InChI is InChI=1S/C17H24N4/c1-13(2)9-11-18-17-19-12-10-16(21-17)20-14(3)15-7-5-4-6-8-15/h4-8,10,12-14H,9,11H2,1-3H3,(H2,18,19,20,21). The summed E-state index contributed by atoms with van der Waals surface area (Å²) in [6.07, 6.45) is 2.90. The quantitative estimate of drug-likeness (QED) is 0.803. The average Bonchev–Trinajstić information content (AvgIpc) is 2.48. The van der Waals surface area contributed by atoms with Gasteiger partial charge in [-0.15, -0.1) is 0 Å². The van der Waals surface area contributed by atoms with Crippen molar-refractivity contribution in [2.24, 2.45) is 5.92 Å². The summed E-state index contributed by atoms with van der Waals surface area (Å²) in [4.78, 5) is 8.76. The van der Waals surface area contributed by atoms with E-state index in [-0.39, 0.29) is 6.04 Å². The highest BCUT2D eigenvalue weighted by molar-refractivity contribution is 5.41. The number of nitrogens with zero attached hydrogens (tertiary/aromatic N) is 2. The van der Waals surface area contributed by atoms with Crippen LogP contribution < -0.4 is 10.6 Å². The number of nitrogens with one attached hydrogen (secondary N) is 2. The van der Waals surface area contributed by atoms with Gasteiger partial charge in [-0.2, -0.15) is 4.98 Å². The van der Waals surface area contributed by atoms with Crippen molar-refractivity contribution in [3.63, 3.8) is 0 Å². The Bertz CT molecular complexity index is 539. The van der Waals surface area contributed by atoms with Gasteiger partial charge in [-0.25, -0.2) is 4.98 Å². The molecule has 0 saturated heterocycles. The lowest BCUT2D eigenvalue weighted by atomic mass is 10.1. The molecule has 1 aromatic heterocycles. The second kappa shape index (κ2) is 7.62. The molecule has 0 aliphatic rings. The van der Waals surface area contributed by atoms with E-state index in [0.29, 0.717) is 11.9 Å². The highest BCUT2D eigenvalue weighted by atomic mass is 15.1. The van der Waals surface area contributed by atoms with E-state index in [2.05, 4.69) is 53.5 Å². The smallest absolute Gasteiger partial charge is 0.224 e.